The molecule has 0 atom stereocenters. The zero-order valence-electron chi connectivity index (χ0n) is 14.4. The minimum absolute atomic E-state index is 0.262. The first-order valence-corrected chi connectivity index (χ1v) is 7.87. The van der Waals surface area contributed by atoms with Crippen LogP contribution in [0.15, 0.2) is 48.5 Å². The third-order valence-corrected chi connectivity index (χ3v) is 3.76. The van der Waals surface area contributed by atoms with Crippen LogP contribution in [-0.4, -0.2) is 37.7 Å². The van der Waals surface area contributed by atoms with Crippen LogP contribution in [0.4, 0.5) is 5.69 Å². The fraction of sp³-hybridized carbons (Fsp3) is 0.158. The van der Waals surface area contributed by atoms with E-state index in [1.807, 2.05) is 6.07 Å². The zero-order chi connectivity index (χ0) is 18.5. The third kappa shape index (κ3) is 3.77. The molecule has 26 heavy (non-hydrogen) atoms. The molecule has 0 aliphatic rings. The van der Waals surface area contributed by atoms with Gasteiger partial charge in [0.1, 0.15) is 17.2 Å². The molecule has 3 rings (SSSR count). The normalized spacial score (nSPS) is 10.4. The number of benzene rings is 2. The van der Waals surface area contributed by atoms with Gasteiger partial charge in [-0.25, -0.2) is 4.79 Å². The van der Waals surface area contributed by atoms with Crippen molar-refractivity contribution in [2.24, 2.45) is 0 Å². The highest BCUT2D eigenvalue weighted by Crippen LogP contribution is 2.23. The van der Waals surface area contributed by atoms with Gasteiger partial charge in [0.25, 0.3) is 5.91 Å². The van der Waals surface area contributed by atoms with Gasteiger partial charge in [-0.05, 0) is 30.3 Å². The van der Waals surface area contributed by atoms with Crippen LogP contribution in [0.3, 0.4) is 0 Å². The van der Waals surface area contributed by atoms with Crippen LogP contribution in [0.1, 0.15) is 10.5 Å². The summed E-state index contributed by atoms with van der Waals surface area (Å²) in [6, 6.07) is 14.0. The Kier molecular flexibility index (Phi) is 5.07. The molecule has 0 bridgehead atoms. The summed E-state index contributed by atoms with van der Waals surface area (Å²) in [7, 11) is 3.08. The first-order valence-electron chi connectivity index (χ1n) is 7.87. The number of fused-ring (bicyclic) bond motifs is 1. The van der Waals surface area contributed by atoms with Crippen molar-refractivity contribution in [3.63, 3.8) is 0 Å². The summed E-state index contributed by atoms with van der Waals surface area (Å²) in [6.45, 7) is -0.407. The molecule has 0 spiro atoms. The van der Waals surface area contributed by atoms with Crippen molar-refractivity contribution >= 4 is 28.5 Å². The number of carbonyl (C=O) groups excluding carboxylic acids is 2. The number of aromatic amines is 1. The molecule has 0 unspecified atom stereocenters. The lowest BCUT2D eigenvalue weighted by molar-refractivity contribution is -0.119. The van der Waals surface area contributed by atoms with E-state index in [0.29, 0.717) is 17.2 Å². The molecular weight excluding hydrogens is 336 g/mol. The van der Waals surface area contributed by atoms with Gasteiger partial charge in [0.15, 0.2) is 6.61 Å². The fourth-order valence-corrected chi connectivity index (χ4v) is 2.49. The monoisotopic (exact) mass is 354 g/mol. The van der Waals surface area contributed by atoms with E-state index in [2.05, 4.69) is 10.3 Å². The number of H-pyrrole nitrogens is 1. The molecule has 7 heteroatoms. The average molecular weight is 354 g/mol. The maximum absolute atomic E-state index is 12.2. The number of hydrogen-bond donors (Lipinski definition) is 2. The van der Waals surface area contributed by atoms with E-state index in [-0.39, 0.29) is 5.69 Å². The first-order chi connectivity index (χ1) is 12.6. The molecule has 0 radical (unpaired) electrons. The topological polar surface area (TPSA) is 89.7 Å². The molecule has 0 aliphatic carbocycles. The Morgan fingerprint density at radius 3 is 2.62 bits per heavy atom. The fourth-order valence-electron chi connectivity index (χ4n) is 2.49. The molecule has 0 fully saturated rings. The Balaban J connectivity index is 1.62. The Bertz CT molecular complexity index is 948. The Morgan fingerprint density at radius 1 is 1.04 bits per heavy atom. The van der Waals surface area contributed by atoms with Gasteiger partial charge in [-0.15, -0.1) is 0 Å². The highest BCUT2D eigenvalue weighted by Gasteiger charge is 2.14. The second-order valence-corrected chi connectivity index (χ2v) is 5.46. The second kappa shape index (κ2) is 7.60. The minimum Gasteiger partial charge on any atom is -0.497 e. The molecule has 1 amide bonds. The molecule has 134 valence electrons. The number of amides is 1. The molecule has 2 N–H and O–H groups in total. The minimum atomic E-state index is -0.615. The van der Waals surface area contributed by atoms with Crippen LogP contribution in [0.25, 0.3) is 10.9 Å². The van der Waals surface area contributed by atoms with E-state index in [1.54, 1.807) is 49.6 Å². The van der Waals surface area contributed by atoms with Crippen molar-refractivity contribution in [2.45, 2.75) is 0 Å². The number of nitrogens with one attached hydrogen (secondary N) is 2. The lowest BCUT2D eigenvalue weighted by Gasteiger charge is -2.09. The molecule has 3 aromatic rings. The lowest BCUT2D eigenvalue weighted by atomic mass is 10.2. The number of hydrogen-bond acceptors (Lipinski definition) is 5. The number of aromatic nitrogens is 1. The summed E-state index contributed by atoms with van der Waals surface area (Å²) in [4.78, 5) is 27.1. The van der Waals surface area contributed by atoms with E-state index >= 15 is 0 Å². The number of rotatable bonds is 6. The number of carbonyl (C=O) groups is 2. The van der Waals surface area contributed by atoms with Crippen LogP contribution in [0, 0.1) is 0 Å². The smallest absolute Gasteiger partial charge is 0.355 e. The van der Waals surface area contributed by atoms with Crippen LogP contribution in [-0.2, 0) is 9.53 Å². The van der Waals surface area contributed by atoms with Gasteiger partial charge in [-0.3, -0.25) is 4.79 Å². The van der Waals surface area contributed by atoms with Crippen LogP contribution in [0.5, 0.6) is 11.5 Å². The van der Waals surface area contributed by atoms with Gasteiger partial charge in [-0.2, -0.15) is 0 Å². The Labute approximate surface area is 149 Å². The van der Waals surface area contributed by atoms with E-state index < -0.39 is 18.5 Å². The van der Waals surface area contributed by atoms with Crippen molar-refractivity contribution in [1.82, 2.24) is 4.98 Å². The predicted octanol–water partition coefficient (Wildman–Crippen LogP) is 2.98. The van der Waals surface area contributed by atoms with Crippen LogP contribution < -0.4 is 14.8 Å². The van der Waals surface area contributed by atoms with Crippen molar-refractivity contribution in [3.8, 4) is 11.5 Å². The zero-order valence-corrected chi connectivity index (χ0v) is 14.4. The van der Waals surface area contributed by atoms with Crippen molar-refractivity contribution in [3.05, 3.63) is 54.2 Å². The highest BCUT2D eigenvalue weighted by atomic mass is 16.5. The van der Waals surface area contributed by atoms with E-state index in [4.69, 9.17) is 14.2 Å². The van der Waals surface area contributed by atoms with Gasteiger partial charge >= 0.3 is 5.97 Å². The summed E-state index contributed by atoms with van der Waals surface area (Å²) >= 11 is 0. The lowest BCUT2D eigenvalue weighted by Crippen LogP contribution is -2.21. The molecule has 7 nitrogen and oxygen atoms in total. The molecule has 0 saturated heterocycles. The Morgan fingerprint density at radius 2 is 1.85 bits per heavy atom. The largest absolute Gasteiger partial charge is 0.497 e. The summed E-state index contributed by atoms with van der Waals surface area (Å²) < 4.78 is 15.4. The molecule has 2 aromatic carbocycles. The molecule has 1 heterocycles. The molecule has 0 saturated carbocycles. The van der Waals surface area contributed by atoms with Crippen LogP contribution in [0.2, 0.25) is 0 Å². The van der Waals surface area contributed by atoms with Crippen LogP contribution >= 0.6 is 0 Å². The van der Waals surface area contributed by atoms with E-state index in [1.165, 1.54) is 7.11 Å². The second-order valence-electron chi connectivity index (χ2n) is 5.46. The van der Waals surface area contributed by atoms with Crippen molar-refractivity contribution < 1.29 is 23.8 Å². The maximum Gasteiger partial charge on any atom is 0.355 e. The number of ether oxygens (including phenoxy) is 3. The number of para-hydroxylation sites is 2. The van der Waals surface area contributed by atoms with Crippen molar-refractivity contribution in [2.75, 3.05) is 26.1 Å². The van der Waals surface area contributed by atoms with Gasteiger partial charge in [-0.1, -0.05) is 12.1 Å². The third-order valence-electron chi connectivity index (χ3n) is 3.76. The summed E-state index contributed by atoms with van der Waals surface area (Å²) in [5.41, 5.74) is 1.52. The van der Waals surface area contributed by atoms with E-state index in [9.17, 15) is 9.59 Å². The summed E-state index contributed by atoms with van der Waals surface area (Å²) in [5.74, 6) is 0.128. The quantitative estimate of drug-likeness (QED) is 0.664. The first kappa shape index (κ1) is 17.3. The number of esters is 1. The highest BCUT2D eigenvalue weighted by molar-refractivity contribution is 5.98. The van der Waals surface area contributed by atoms with E-state index in [0.717, 1.165) is 10.9 Å². The standard InChI is InChI=1S/C19H18N2O5/c1-24-13-8-7-12-9-16(20-15(12)10-13)19(23)26-11-18(22)21-14-5-3-4-6-17(14)25-2/h3-10,20H,11H2,1-2H3,(H,21,22). The van der Waals surface area contributed by atoms with Gasteiger partial charge in [0, 0.05) is 17.0 Å². The predicted molar refractivity (Wildman–Crippen MR) is 96.8 cm³/mol. The van der Waals surface area contributed by atoms with Crippen molar-refractivity contribution in [1.29, 1.82) is 0 Å². The van der Waals surface area contributed by atoms with Gasteiger partial charge in [0.2, 0.25) is 0 Å². The Hall–Kier alpha value is -3.48. The number of methoxy groups -OCH3 is 2. The number of anilines is 1. The SMILES string of the molecule is COc1ccc2cc(C(=O)OCC(=O)Nc3ccccc3OC)[nH]c2c1. The maximum atomic E-state index is 12.2. The average Bonchev–Trinajstić information content (AvgIpc) is 3.09. The molecule has 0 aliphatic heterocycles. The molecular formula is C19H18N2O5. The summed E-state index contributed by atoms with van der Waals surface area (Å²) in [5, 5.41) is 3.49. The van der Waals surface area contributed by atoms with Gasteiger partial charge in [0.05, 0.1) is 19.9 Å². The van der Waals surface area contributed by atoms with Gasteiger partial charge < -0.3 is 24.5 Å². The summed E-state index contributed by atoms with van der Waals surface area (Å²) in [6.07, 6.45) is 0. The molecule has 1 aromatic heterocycles.